The molecule has 20 heavy (non-hydrogen) atoms. The molecule has 2 fully saturated rings. The minimum Gasteiger partial charge on any atom is -0.368 e. The lowest BCUT2D eigenvalue weighted by atomic mass is 9.87. The second kappa shape index (κ2) is 4.73. The molecule has 2 aliphatic rings. The van der Waals surface area contributed by atoms with Crippen LogP contribution in [0.5, 0.6) is 0 Å². The van der Waals surface area contributed by atoms with E-state index in [2.05, 4.69) is 43.7 Å². The highest BCUT2D eigenvalue weighted by atomic mass is 19.1. The Morgan fingerprint density at radius 3 is 2.15 bits per heavy atom. The summed E-state index contributed by atoms with van der Waals surface area (Å²) in [5, 5.41) is 0. The van der Waals surface area contributed by atoms with Gasteiger partial charge in [0.2, 0.25) is 0 Å². The van der Waals surface area contributed by atoms with Crippen molar-refractivity contribution in [1.29, 1.82) is 0 Å². The lowest BCUT2D eigenvalue weighted by Crippen LogP contribution is -2.27. The van der Waals surface area contributed by atoms with Crippen molar-refractivity contribution < 1.29 is 4.39 Å². The van der Waals surface area contributed by atoms with Gasteiger partial charge in [0.15, 0.2) is 0 Å². The van der Waals surface area contributed by atoms with Crippen LogP contribution >= 0.6 is 0 Å². The molecule has 0 saturated carbocycles. The van der Waals surface area contributed by atoms with E-state index in [0.717, 1.165) is 37.4 Å². The van der Waals surface area contributed by atoms with Crippen molar-refractivity contribution in [3.8, 4) is 0 Å². The van der Waals surface area contributed by atoms with Crippen molar-refractivity contribution >= 4 is 5.69 Å². The Kier molecular flexibility index (Phi) is 3.28. The molecule has 2 saturated heterocycles. The lowest BCUT2D eigenvalue weighted by Gasteiger charge is -2.24. The van der Waals surface area contributed by atoms with Crippen LogP contribution in [0.4, 0.5) is 10.1 Å². The largest absolute Gasteiger partial charge is 0.368 e. The van der Waals surface area contributed by atoms with Crippen LogP contribution in [0.2, 0.25) is 0 Å². The molecule has 2 aliphatic heterocycles. The van der Waals surface area contributed by atoms with Crippen LogP contribution in [0.3, 0.4) is 0 Å². The molecule has 2 unspecified atom stereocenters. The summed E-state index contributed by atoms with van der Waals surface area (Å²) in [7, 11) is 2.18. The molecular formula is C17H25FN2. The number of nitrogens with zero attached hydrogens (tertiary/aromatic N) is 2. The predicted octanol–water partition coefficient (Wildman–Crippen LogP) is 3.12. The van der Waals surface area contributed by atoms with E-state index in [1.54, 1.807) is 6.07 Å². The zero-order chi connectivity index (χ0) is 14.5. The van der Waals surface area contributed by atoms with E-state index in [4.69, 9.17) is 0 Å². The van der Waals surface area contributed by atoms with Crippen LogP contribution in [0.25, 0.3) is 0 Å². The molecule has 0 aromatic heterocycles. The van der Waals surface area contributed by atoms with E-state index in [1.807, 2.05) is 6.07 Å². The minimum absolute atomic E-state index is 0.00357. The first-order valence-electron chi connectivity index (χ1n) is 7.58. The molecule has 0 spiro atoms. The van der Waals surface area contributed by atoms with Gasteiger partial charge < -0.3 is 9.80 Å². The van der Waals surface area contributed by atoms with Crippen molar-refractivity contribution in [1.82, 2.24) is 4.90 Å². The number of likely N-dealkylation sites (tertiary alicyclic amines) is 1. The number of halogens is 1. The van der Waals surface area contributed by atoms with E-state index in [0.29, 0.717) is 11.8 Å². The fourth-order valence-electron chi connectivity index (χ4n) is 3.65. The van der Waals surface area contributed by atoms with E-state index in [-0.39, 0.29) is 11.2 Å². The predicted molar refractivity (Wildman–Crippen MR) is 81.8 cm³/mol. The molecule has 0 amide bonds. The molecular weight excluding hydrogens is 251 g/mol. The van der Waals surface area contributed by atoms with Gasteiger partial charge in [-0.15, -0.1) is 0 Å². The first kappa shape index (κ1) is 13.9. The average molecular weight is 276 g/mol. The summed E-state index contributed by atoms with van der Waals surface area (Å²) in [6, 6.07) is 5.77. The van der Waals surface area contributed by atoms with E-state index in [9.17, 15) is 4.39 Å². The Bertz CT molecular complexity index is 492. The molecule has 1 aromatic carbocycles. The highest BCUT2D eigenvalue weighted by molar-refractivity contribution is 5.51. The number of rotatable bonds is 1. The smallest absolute Gasteiger partial charge is 0.146 e. The van der Waals surface area contributed by atoms with Crippen molar-refractivity contribution in [3.63, 3.8) is 0 Å². The summed E-state index contributed by atoms with van der Waals surface area (Å²) >= 11 is 0. The molecule has 3 rings (SSSR count). The maximum Gasteiger partial charge on any atom is 0.146 e. The van der Waals surface area contributed by atoms with Crippen LogP contribution < -0.4 is 4.90 Å². The second-order valence-electron chi connectivity index (χ2n) is 7.56. The zero-order valence-corrected chi connectivity index (χ0v) is 13.0. The van der Waals surface area contributed by atoms with Gasteiger partial charge in [-0.2, -0.15) is 0 Å². The number of anilines is 1. The Morgan fingerprint density at radius 2 is 1.65 bits per heavy atom. The lowest BCUT2D eigenvalue weighted by molar-refractivity contribution is 0.386. The number of fused-ring (bicyclic) bond motifs is 1. The van der Waals surface area contributed by atoms with Crippen LogP contribution in [-0.4, -0.2) is 38.1 Å². The third kappa shape index (κ3) is 2.44. The number of benzene rings is 1. The molecule has 2 heterocycles. The fourth-order valence-corrected chi connectivity index (χ4v) is 3.65. The molecule has 0 bridgehead atoms. The zero-order valence-electron chi connectivity index (χ0n) is 13.0. The van der Waals surface area contributed by atoms with Gasteiger partial charge in [-0.3, -0.25) is 0 Å². The summed E-state index contributed by atoms with van der Waals surface area (Å²) < 4.78 is 14.4. The molecule has 1 aromatic rings. The van der Waals surface area contributed by atoms with Gasteiger partial charge in [-0.25, -0.2) is 4.39 Å². The molecule has 3 heteroatoms. The van der Waals surface area contributed by atoms with E-state index < -0.39 is 0 Å². The first-order chi connectivity index (χ1) is 9.34. The van der Waals surface area contributed by atoms with Crippen LogP contribution in [0.1, 0.15) is 26.3 Å². The van der Waals surface area contributed by atoms with Gasteiger partial charge in [0.25, 0.3) is 0 Å². The van der Waals surface area contributed by atoms with Crippen molar-refractivity contribution in [3.05, 3.63) is 29.6 Å². The van der Waals surface area contributed by atoms with Crippen molar-refractivity contribution in [2.75, 3.05) is 38.1 Å². The second-order valence-corrected chi connectivity index (χ2v) is 7.56. The van der Waals surface area contributed by atoms with Crippen molar-refractivity contribution in [2.24, 2.45) is 11.8 Å². The molecule has 0 radical (unpaired) electrons. The highest BCUT2D eigenvalue weighted by Crippen LogP contribution is 2.35. The Morgan fingerprint density at radius 1 is 1.05 bits per heavy atom. The van der Waals surface area contributed by atoms with Gasteiger partial charge >= 0.3 is 0 Å². The summed E-state index contributed by atoms with van der Waals surface area (Å²) in [6.45, 7) is 10.7. The Balaban J connectivity index is 1.79. The average Bonchev–Trinajstić information content (AvgIpc) is 2.84. The third-order valence-corrected chi connectivity index (χ3v) is 4.82. The molecule has 0 aliphatic carbocycles. The summed E-state index contributed by atoms with van der Waals surface area (Å²) in [4.78, 5) is 4.63. The van der Waals surface area contributed by atoms with Gasteiger partial charge in [-0.1, -0.05) is 26.8 Å². The Hall–Kier alpha value is -1.09. The monoisotopic (exact) mass is 276 g/mol. The van der Waals surface area contributed by atoms with Crippen molar-refractivity contribution in [2.45, 2.75) is 26.2 Å². The molecule has 2 atom stereocenters. The highest BCUT2D eigenvalue weighted by Gasteiger charge is 2.39. The molecule has 110 valence electrons. The van der Waals surface area contributed by atoms with Crippen LogP contribution in [0.15, 0.2) is 18.2 Å². The quantitative estimate of drug-likeness (QED) is 0.777. The van der Waals surface area contributed by atoms with Gasteiger partial charge in [0.1, 0.15) is 5.82 Å². The molecule has 2 nitrogen and oxygen atoms in total. The van der Waals surface area contributed by atoms with Gasteiger partial charge in [-0.05, 0) is 42.0 Å². The topological polar surface area (TPSA) is 6.48 Å². The SMILES string of the molecule is CN1CC2CN(c3ccc(C(C)(C)C)cc3F)CC2C1. The number of hydrogen-bond donors (Lipinski definition) is 0. The van der Waals surface area contributed by atoms with E-state index in [1.165, 1.54) is 0 Å². The summed E-state index contributed by atoms with van der Waals surface area (Å²) in [5.41, 5.74) is 1.86. The summed E-state index contributed by atoms with van der Waals surface area (Å²) in [6.07, 6.45) is 0. The first-order valence-corrected chi connectivity index (χ1v) is 7.58. The number of hydrogen-bond acceptors (Lipinski definition) is 2. The molecule has 0 N–H and O–H groups in total. The van der Waals surface area contributed by atoms with Gasteiger partial charge in [0.05, 0.1) is 5.69 Å². The maximum atomic E-state index is 14.4. The Labute approximate surface area is 121 Å². The van der Waals surface area contributed by atoms with E-state index >= 15 is 0 Å². The normalized spacial score (nSPS) is 27.1. The van der Waals surface area contributed by atoms with Crippen LogP contribution in [-0.2, 0) is 5.41 Å². The van der Waals surface area contributed by atoms with Crippen LogP contribution in [0, 0.1) is 17.7 Å². The standard InChI is InChI=1S/C17H25FN2/c1-17(2,3)14-5-6-16(15(18)7-14)20-10-12-8-19(4)9-13(12)11-20/h5-7,12-13H,8-11H2,1-4H3. The maximum absolute atomic E-state index is 14.4. The fraction of sp³-hybridized carbons (Fsp3) is 0.647. The summed E-state index contributed by atoms with van der Waals surface area (Å²) in [5.74, 6) is 1.36. The van der Waals surface area contributed by atoms with Gasteiger partial charge in [0, 0.05) is 26.2 Å². The third-order valence-electron chi connectivity index (χ3n) is 4.82. The minimum atomic E-state index is -0.0641.